The lowest BCUT2D eigenvalue weighted by Gasteiger charge is -0.0786. The molecule has 0 saturated carbocycles. The Labute approximate surface area is 828 Å². The Balaban J connectivity index is 0. The minimum atomic E-state index is 0. The molecule has 0 aromatic rings. The summed E-state index contributed by atoms with van der Waals surface area (Å²) < 4.78 is 0. The highest BCUT2D eigenvalue weighted by atomic mass is 12.1. The van der Waals surface area contributed by atoms with E-state index in [9.17, 15) is 0 Å². The largest absolute Gasteiger partial charge is 0.0776 e. The Bertz CT molecular complexity index is 175. The van der Waals surface area contributed by atoms with Crippen LogP contribution in [0.15, 0.2) is 0 Å². The summed E-state index contributed by atoms with van der Waals surface area (Å²) >= 11 is 0. The second kappa shape index (κ2) is 0. The van der Waals surface area contributed by atoms with E-state index < -0.39 is 0 Å². The molecule has 0 spiro atoms. The summed E-state index contributed by atoms with van der Waals surface area (Å²) in [5, 5.41) is 0. The van der Waals surface area contributed by atoms with Gasteiger partial charge >= 0.3 is 0 Å². The highest BCUT2D eigenvalue weighted by Gasteiger charge is 0.0174. The standard InChI is InChI=1S/96CH4.80H2/h96*1H4;80*1H/i;;;;;;;;;;;;;;;;;;;;;;;;;;;;;;;;;;;;;;;;;;;;;;;;;;;;;;;;;;;;;;;;;;;;;;;;;;;;;;;;;;;;;;;;;;;;;;;;48*1+2;;;;;;;;;;;;;;;;;;;;;;;;;;;;;;;;. The van der Waals surface area contributed by atoms with Crippen molar-refractivity contribution in [2.45, 2.75) is 713 Å². The molecule has 0 fully saturated rings. The topological polar surface area (TPSA) is 0 Å². The van der Waals surface area contributed by atoms with Crippen LogP contribution in [-0.2, 0) is 0 Å². The normalized spacial score (nSPS) is 0. The van der Waals surface area contributed by atoms with Crippen LogP contribution >= 0.6 is 0 Å². The van der Waals surface area contributed by atoms with Crippen molar-refractivity contribution in [3.8, 4) is 0 Å². The highest BCUT2D eigenvalue weighted by molar-refractivity contribution is 2.60. The molecule has 0 heterocycles. The zero-order chi connectivity index (χ0) is 0. The number of hydrogen-bond acceptors (Lipinski definition) is 0. The molecular formula is C96H544. The van der Waals surface area contributed by atoms with Gasteiger partial charge in [0.2, 0.25) is 0 Å². The molecular weight excluding hydrogens is 1150 g/mol. The summed E-state index contributed by atoms with van der Waals surface area (Å²) in [4.78, 5) is 0. The van der Waals surface area contributed by atoms with Gasteiger partial charge in [0.1, 0.15) is 0 Å². The van der Waals surface area contributed by atoms with E-state index in [4.69, 9.17) is 0 Å². The molecule has 0 aromatic heterocycles. The van der Waals surface area contributed by atoms with Crippen LogP contribution in [0.5, 0.6) is 0 Å². The fourth-order valence-corrected chi connectivity index (χ4v) is 0. The molecule has 0 aliphatic rings. The molecule has 0 rings (SSSR count). The summed E-state index contributed by atoms with van der Waals surface area (Å²) in [6.45, 7) is 0. The van der Waals surface area contributed by atoms with Gasteiger partial charge in [-0.2, -0.15) is 0 Å². The van der Waals surface area contributed by atoms with Crippen molar-refractivity contribution < 1.29 is 114 Å². The number of rotatable bonds is 0. The predicted octanol–water partition coefficient (Wildman–Crippen LogP) is 80.7. The molecule has 0 saturated heterocycles. The van der Waals surface area contributed by atoms with Crippen molar-refractivity contribution >= 4 is 0 Å². The van der Waals surface area contributed by atoms with E-state index in [2.05, 4.69) is 0 Å². The van der Waals surface area contributed by atoms with Crippen molar-refractivity contribution in [3.63, 3.8) is 0 Å². The van der Waals surface area contributed by atoms with Gasteiger partial charge in [-0.3, -0.25) is 0 Å². The Hall–Kier alpha value is 0. The van der Waals surface area contributed by atoms with E-state index in [-0.39, 0.29) is 827 Å². The first-order valence-corrected chi connectivity index (χ1v) is 0. The lowest BCUT2D eigenvalue weighted by molar-refractivity contribution is 2.50. The fourth-order valence-electron chi connectivity index (χ4n) is 0. The predicted molar refractivity (Wildman–Crippen MR) is 815 cm³/mol. The van der Waals surface area contributed by atoms with Crippen molar-refractivity contribution in [1.29, 1.82) is 0 Å². The van der Waals surface area contributed by atoms with Crippen LogP contribution in [0.1, 0.15) is 827 Å². The highest BCUT2D eigenvalue weighted by Crippen LogP contribution is 0.239. The van der Waals surface area contributed by atoms with E-state index in [0.717, 1.165) is 0 Å². The average Bonchev–Trinajstić information content (AvgIpc) is 0. The summed E-state index contributed by atoms with van der Waals surface area (Å²) in [5.41, 5.74) is 0. The molecule has 0 aliphatic carbocycles. The van der Waals surface area contributed by atoms with Crippen LogP contribution in [0.3, 0.4) is 0 Å². The smallest absolute Gasteiger partial charge is 0 e. The average molecular weight is 1800 g/mol. The van der Waals surface area contributed by atoms with Gasteiger partial charge in [0.15, 0.2) is 0 Å². The van der Waals surface area contributed by atoms with Gasteiger partial charge in [0.25, 0.3) is 0 Å². The van der Waals surface area contributed by atoms with Gasteiger partial charge in [0, 0.05) is 114 Å². The van der Waals surface area contributed by atoms with Gasteiger partial charge in [0.05, 0.1) is 0 Å². The maximum atomic E-state index is 0. The summed E-state index contributed by atoms with van der Waals surface area (Å²) in [6.07, 6.45) is 0. The minimum absolute atomic E-state index is 0. The van der Waals surface area contributed by atoms with E-state index in [1.54, 1.807) is 0 Å². The molecule has 0 aliphatic heterocycles. The first kappa shape index (κ1) is 0. The molecule has 0 radical (unpaired) electrons. The monoisotopic (exact) mass is 1800 g/mol. The Morgan fingerprint density at radius 2 is 0.0312 bits per heavy atom. The quantitative estimate of drug-likeness (QED) is 0.227. The van der Waals surface area contributed by atoms with E-state index in [1.165, 1.54) is 0 Å². The minimum Gasteiger partial charge on any atom is -0.0776 e. The lowest BCUT2D eigenvalue weighted by atomic mass is 12.0. The molecule has 0 bridgehead atoms. The second-order valence-corrected chi connectivity index (χ2v) is 0. The SMILES string of the molecule is C.C.C.C.C.C.C.C.C.C.C.C.C.C.C.C.C.C.C.C.C.C.C.C.C.C.C.C.C.C.C.C.C.C.C.C.C.C.C.C.C.C.C.C.C.C.C.C.C.C.C.C.C.C.C.C.C.C.C.C.C.C.C.C.C.C.C.C.C.C.C.C.C.C.C.C.C.C.C.C.C.C.C.C.C.C.C.C.C.C.C.C.C.C.C.C.[3HH].[3HH].[3HH].[3HH].[3HH].[3HH].[3HH].[3HH].[3HH].[3HH].[3HH].[3HH].[3HH].[3HH].[3HH].[3HH].[3HH].[3HH].[3HH].[3HH].[3HH].[3HH].[3HH].[3HH].[3HH].[3HH].[3HH].[3HH].[3HH].[3HH].[3HH].[3HH].[3HH].[3HH].[3HH].[3HH].[3HH].[3HH].[3HH].[3HH].[3HH].[3HH].[3HH].[3HH].[3HH].[3HH].[3HH].[3HH].[HH].[HH].[HH].[HH].[HH].[HH].[HH].[HH].[HH].[HH].[HH].[HH].[HH].[HH].[HH].[HH].[HH].[HH].[HH].[HH].[HH].[HH].[HH].[HH].[HH].[HH].[HH].[HH].[HH].[HH].[HH].[HH]. The van der Waals surface area contributed by atoms with Crippen LogP contribution in [0.2, 0.25) is 0 Å². The van der Waals surface area contributed by atoms with Gasteiger partial charge in [-0.25, -0.2) is 0 Å². The van der Waals surface area contributed by atoms with Crippen LogP contribution in [0, 0.1) is 0 Å². The third-order valence-corrected chi connectivity index (χ3v) is 0. The van der Waals surface area contributed by atoms with E-state index >= 15 is 0 Å². The van der Waals surface area contributed by atoms with Crippen LogP contribution in [0.25, 0.3) is 0 Å². The summed E-state index contributed by atoms with van der Waals surface area (Å²) in [6, 6.07) is 0. The molecule has 0 atom stereocenters. The fraction of sp³-hybridized carbons (Fsp3) is 1.00. The molecule has 0 N–H and O–H groups in total. The molecule has 0 amide bonds. The van der Waals surface area contributed by atoms with Crippen LogP contribution in [-0.4, -0.2) is 0 Å². The van der Waals surface area contributed by atoms with Crippen molar-refractivity contribution in [2.75, 3.05) is 0 Å². The van der Waals surface area contributed by atoms with Gasteiger partial charge in [-0.05, 0) is 0 Å². The number of hydrogen-bond donors (Lipinski definition) is 0. The van der Waals surface area contributed by atoms with Crippen molar-refractivity contribution in [1.82, 2.24) is 0 Å². The van der Waals surface area contributed by atoms with Gasteiger partial charge < -0.3 is 0 Å². The maximum absolute atomic E-state index is 0. The Kier molecular flexibility index (Phi) is 0. The van der Waals surface area contributed by atoms with E-state index in [1.807, 2.05) is 0 Å². The van der Waals surface area contributed by atoms with Crippen molar-refractivity contribution in [2.24, 2.45) is 0 Å². The first-order chi connectivity index (χ1) is 0. The third-order valence-electron chi connectivity index (χ3n) is 0. The first-order valence-electron chi connectivity index (χ1n) is 0. The maximum Gasteiger partial charge on any atom is 0 e. The molecule has 0 aromatic carbocycles. The zero-order valence-corrected chi connectivity index (χ0v) is 0. The molecule has 96 heavy (non-hydrogen) atoms. The lowest BCUT2D eigenvalue weighted by Crippen LogP contribution is 0.143. The summed E-state index contributed by atoms with van der Waals surface area (Å²) in [7, 11) is 0. The van der Waals surface area contributed by atoms with Crippen molar-refractivity contribution in [3.05, 3.63) is 0 Å². The molecule has 928 valence electrons. The Morgan fingerprint density at radius 1 is 0.0312 bits per heavy atom. The molecule has 0 heteroatoms. The second-order valence-electron chi connectivity index (χ2n) is 0. The Morgan fingerprint density at radius 3 is 0.0312 bits per heavy atom. The van der Waals surface area contributed by atoms with Gasteiger partial charge in [-0.15, -0.1) is 0 Å². The summed E-state index contributed by atoms with van der Waals surface area (Å²) in [5.74, 6) is 0. The molecule has 0 unspecified atom stereocenters. The van der Waals surface area contributed by atoms with Gasteiger partial charge in [-0.1, -0.05) is 713 Å². The molecule has 0 nitrogen and oxygen atoms in total. The third kappa shape index (κ3) is 0. The van der Waals surface area contributed by atoms with E-state index in [0.29, 0.717) is 0 Å². The van der Waals surface area contributed by atoms with Crippen LogP contribution < -0.4 is 0 Å². The van der Waals surface area contributed by atoms with Crippen LogP contribution in [0.4, 0.5) is 0 Å². The zero-order valence-electron chi connectivity index (χ0n) is 0.